The molecule has 0 bridgehead atoms. The molecule has 10 heteroatoms. The molecular weight excluding hydrogens is 453 g/mol. The van der Waals surface area contributed by atoms with Crippen molar-refractivity contribution in [1.29, 1.82) is 0 Å². The van der Waals surface area contributed by atoms with Crippen molar-refractivity contribution >= 4 is 33.2 Å². The molecule has 31 heavy (non-hydrogen) atoms. The number of nitrogens with zero attached hydrogens (tertiary/aromatic N) is 1. The van der Waals surface area contributed by atoms with Crippen LogP contribution in [0.25, 0.3) is 0 Å². The molecule has 0 aliphatic rings. The molecule has 0 unspecified atom stereocenters. The van der Waals surface area contributed by atoms with Gasteiger partial charge in [-0.1, -0.05) is 48.9 Å². The number of nitrogens with one attached hydrogen (secondary N) is 1. The Balaban J connectivity index is 2.02. The van der Waals surface area contributed by atoms with E-state index < -0.39 is 27.5 Å². The smallest absolute Gasteiger partial charge is 0.356 e. The average molecular weight is 477 g/mol. The van der Waals surface area contributed by atoms with Gasteiger partial charge >= 0.3 is 6.18 Å². The van der Waals surface area contributed by atoms with Crippen LogP contribution in [-0.2, 0) is 21.0 Å². The first kappa shape index (κ1) is 25.0. The van der Waals surface area contributed by atoms with Gasteiger partial charge in [0.15, 0.2) is 0 Å². The van der Waals surface area contributed by atoms with Crippen molar-refractivity contribution in [2.24, 2.45) is 0 Å². The summed E-state index contributed by atoms with van der Waals surface area (Å²) in [6.45, 7) is 2.08. The molecule has 0 aliphatic carbocycles. The molecule has 2 rings (SSSR count). The Labute approximate surface area is 185 Å². The van der Waals surface area contributed by atoms with Gasteiger partial charge in [0.25, 0.3) is 0 Å². The number of benzene rings is 2. The van der Waals surface area contributed by atoms with Gasteiger partial charge in [-0.2, -0.15) is 13.2 Å². The second-order valence-corrected chi connectivity index (χ2v) is 9.56. The predicted octanol–water partition coefficient (Wildman–Crippen LogP) is 4.82. The van der Waals surface area contributed by atoms with Crippen LogP contribution in [0.2, 0.25) is 5.02 Å². The molecule has 1 N–H and O–H groups in total. The van der Waals surface area contributed by atoms with Crippen molar-refractivity contribution in [3.63, 3.8) is 0 Å². The number of rotatable bonds is 9. The Bertz CT molecular complexity index is 999. The average Bonchev–Trinajstić information content (AvgIpc) is 2.69. The molecule has 0 aliphatic heterocycles. The quantitative estimate of drug-likeness (QED) is 0.564. The molecule has 0 saturated heterocycles. The summed E-state index contributed by atoms with van der Waals surface area (Å²) in [6, 6.07) is 12.5. The van der Waals surface area contributed by atoms with Crippen LogP contribution in [0.15, 0.2) is 48.5 Å². The normalized spacial score (nSPS) is 13.0. The Morgan fingerprint density at radius 1 is 1.16 bits per heavy atom. The van der Waals surface area contributed by atoms with Gasteiger partial charge in [0.1, 0.15) is 0 Å². The van der Waals surface area contributed by atoms with E-state index in [1.165, 1.54) is 6.07 Å². The lowest BCUT2D eigenvalue weighted by Crippen LogP contribution is -2.34. The first-order valence-electron chi connectivity index (χ1n) is 9.55. The number of hydrogen-bond donors (Lipinski definition) is 1. The third-order valence-electron chi connectivity index (χ3n) is 4.67. The highest BCUT2D eigenvalue weighted by molar-refractivity contribution is 7.92. The minimum atomic E-state index is -4.78. The van der Waals surface area contributed by atoms with Crippen LogP contribution in [0.1, 0.15) is 36.8 Å². The highest BCUT2D eigenvalue weighted by atomic mass is 35.5. The number of carbonyl (C=O) groups excluding carboxylic acids is 1. The fourth-order valence-electron chi connectivity index (χ4n) is 3.06. The van der Waals surface area contributed by atoms with Crippen LogP contribution < -0.4 is 9.62 Å². The van der Waals surface area contributed by atoms with Crippen LogP contribution in [0.3, 0.4) is 0 Å². The summed E-state index contributed by atoms with van der Waals surface area (Å²) in [4.78, 5) is 12.1. The molecule has 0 aromatic heterocycles. The fraction of sp³-hybridized carbons (Fsp3) is 0.381. The van der Waals surface area contributed by atoms with E-state index in [1.807, 2.05) is 37.3 Å². The van der Waals surface area contributed by atoms with Gasteiger partial charge < -0.3 is 5.32 Å². The molecule has 1 amide bonds. The zero-order valence-electron chi connectivity index (χ0n) is 17.1. The lowest BCUT2D eigenvalue weighted by Gasteiger charge is -2.26. The lowest BCUT2D eigenvalue weighted by molar-refractivity contribution is -0.137. The van der Waals surface area contributed by atoms with Crippen molar-refractivity contribution in [2.45, 2.75) is 31.9 Å². The highest BCUT2D eigenvalue weighted by Gasteiger charge is 2.36. The SMILES string of the molecule is C[C@@H](CNC(=O)CCCN(c1ccc(Cl)cc1C(F)(F)F)S(C)(=O)=O)c1ccccc1. The van der Waals surface area contributed by atoms with Crippen molar-refractivity contribution in [2.75, 3.05) is 23.7 Å². The molecule has 5 nitrogen and oxygen atoms in total. The van der Waals surface area contributed by atoms with Crippen molar-refractivity contribution in [3.8, 4) is 0 Å². The number of halogens is 4. The molecule has 0 saturated carbocycles. The standard InChI is InChI=1S/C21H24ClF3N2O3S/c1-15(16-7-4-3-5-8-16)14-26-20(28)9-6-12-27(31(2,29)30)19-11-10-17(22)13-18(19)21(23,24)25/h3-5,7-8,10-11,13,15H,6,9,12,14H2,1-2H3,(H,26,28)/t15-/m0/s1. The number of anilines is 1. The van der Waals surface area contributed by atoms with Gasteiger partial charge in [-0.3, -0.25) is 9.10 Å². The maximum Gasteiger partial charge on any atom is 0.418 e. The van der Waals surface area contributed by atoms with Gasteiger partial charge in [0, 0.05) is 24.5 Å². The van der Waals surface area contributed by atoms with Crippen LogP contribution >= 0.6 is 11.6 Å². The molecule has 0 radical (unpaired) electrons. The zero-order chi connectivity index (χ0) is 23.2. The van der Waals surface area contributed by atoms with E-state index in [-0.39, 0.29) is 36.2 Å². The number of amides is 1. The molecule has 170 valence electrons. The van der Waals surface area contributed by atoms with Gasteiger partial charge in [-0.05, 0) is 36.1 Å². The molecular formula is C21H24ClF3N2O3S. The largest absolute Gasteiger partial charge is 0.418 e. The second kappa shape index (κ2) is 10.4. The summed E-state index contributed by atoms with van der Waals surface area (Å²) >= 11 is 5.67. The van der Waals surface area contributed by atoms with E-state index in [2.05, 4.69) is 5.32 Å². The third kappa shape index (κ3) is 7.43. The summed E-state index contributed by atoms with van der Waals surface area (Å²) in [5, 5.41) is 2.62. The van der Waals surface area contributed by atoms with E-state index in [0.29, 0.717) is 16.9 Å². The maximum atomic E-state index is 13.4. The minimum Gasteiger partial charge on any atom is -0.356 e. The Morgan fingerprint density at radius 3 is 2.39 bits per heavy atom. The van der Waals surface area contributed by atoms with Crippen LogP contribution in [0.5, 0.6) is 0 Å². The minimum absolute atomic E-state index is 0.0253. The number of hydrogen-bond acceptors (Lipinski definition) is 3. The molecule has 0 spiro atoms. The molecule has 2 aromatic rings. The number of alkyl halides is 3. The summed E-state index contributed by atoms with van der Waals surface area (Å²) in [6.07, 6.45) is -3.93. The molecule has 0 fully saturated rings. The first-order chi connectivity index (χ1) is 14.4. The zero-order valence-corrected chi connectivity index (χ0v) is 18.7. The maximum absolute atomic E-state index is 13.4. The number of carbonyl (C=O) groups is 1. The predicted molar refractivity (Wildman–Crippen MR) is 116 cm³/mol. The monoisotopic (exact) mass is 476 g/mol. The Hall–Kier alpha value is -2.26. The summed E-state index contributed by atoms with van der Waals surface area (Å²) in [7, 11) is -4.01. The van der Waals surface area contributed by atoms with E-state index >= 15 is 0 Å². The Kier molecular flexibility index (Phi) is 8.36. The van der Waals surface area contributed by atoms with E-state index in [4.69, 9.17) is 11.6 Å². The fourth-order valence-corrected chi connectivity index (χ4v) is 4.21. The van der Waals surface area contributed by atoms with Crippen LogP contribution in [-0.4, -0.2) is 33.7 Å². The van der Waals surface area contributed by atoms with Crippen LogP contribution in [0.4, 0.5) is 18.9 Å². The third-order valence-corrected chi connectivity index (χ3v) is 6.09. The van der Waals surface area contributed by atoms with Gasteiger partial charge in [0.2, 0.25) is 15.9 Å². The van der Waals surface area contributed by atoms with E-state index in [9.17, 15) is 26.4 Å². The van der Waals surface area contributed by atoms with E-state index in [1.54, 1.807) is 0 Å². The molecule has 2 aromatic carbocycles. The van der Waals surface area contributed by atoms with Crippen molar-refractivity contribution < 1.29 is 26.4 Å². The summed E-state index contributed by atoms with van der Waals surface area (Å²) in [5.41, 5.74) is -0.599. The molecule has 0 heterocycles. The number of sulfonamides is 1. The van der Waals surface area contributed by atoms with Crippen molar-refractivity contribution in [1.82, 2.24) is 5.32 Å². The van der Waals surface area contributed by atoms with Crippen LogP contribution in [0, 0.1) is 0 Å². The van der Waals surface area contributed by atoms with Gasteiger partial charge in [-0.25, -0.2) is 8.42 Å². The Morgan fingerprint density at radius 2 is 1.81 bits per heavy atom. The first-order valence-corrected chi connectivity index (χ1v) is 11.8. The van der Waals surface area contributed by atoms with Gasteiger partial charge in [0.05, 0.1) is 17.5 Å². The topological polar surface area (TPSA) is 66.5 Å². The summed E-state index contributed by atoms with van der Waals surface area (Å²) < 4.78 is 65.2. The lowest BCUT2D eigenvalue weighted by atomic mass is 10.0. The second-order valence-electron chi connectivity index (χ2n) is 7.21. The van der Waals surface area contributed by atoms with Gasteiger partial charge in [-0.15, -0.1) is 0 Å². The van der Waals surface area contributed by atoms with Crippen molar-refractivity contribution in [3.05, 3.63) is 64.7 Å². The molecule has 1 atom stereocenters. The highest BCUT2D eigenvalue weighted by Crippen LogP contribution is 2.39. The van der Waals surface area contributed by atoms with E-state index in [0.717, 1.165) is 17.9 Å². The summed E-state index contributed by atoms with van der Waals surface area (Å²) in [5.74, 6) is -0.218.